The van der Waals surface area contributed by atoms with Crippen molar-refractivity contribution in [2.45, 2.75) is 31.9 Å². The number of benzene rings is 1. The molecule has 26 heavy (non-hydrogen) atoms. The Morgan fingerprint density at radius 3 is 3.04 bits per heavy atom. The average molecular weight is 355 g/mol. The van der Waals surface area contributed by atoms with Gasteiger partial charge in [-0.1, -0.05) is 12.0 Å². The van der Waals surface area contributed by atoms with Gasteiger partial charge in [-0.15, -0.1) is 6.42 Å². The summed E-state index contributed by atoms with van der Waals surface area (Å²) in [4.78, 5) is 10.1. The summed E-state index contributed by atoms with van der Waals surface area (Å²) in [5, 5.41) is 0. The van der Waals surface area contributed by atoms with Crippen LogP contribution in [-0.2, 0) is 11.2 Å². The summed E-state index contributed by atoms with van der Waals surface area (Å²) < 4.78 is 25.5. The van der Waals surface area contributed by atoms with Crippen molar-refractivity contribution in [1.29, 1.82) is 0 Å². The molecule has 1 aliphatic rings. The van der Waals surface area contributed by atoms with Crippen LogP contribution in [0.25, 0.3) is 0 Å². The topological polar surface area (TPSA) is 47.5 Å². The van der Waals surface area contributed by atoms with E-state index >= 15 is 0 Å². The van der Waals surface area contributed by atoms with E-state index in [1.807, 2.05) is 6.07 Å². The number of hydrogen-bond acceptors (Lipinski definition) is 5. The Morgan fingerprint density at radius 1 is 1.38 bits per heavy atom. The molecule has 0 saturated carbocycles. The van der Waals surface area contributed by atoms with Crippen molar-refractivity contribution in [2.24, 2.45) is 0 Å². The van der Waals surface area contributed by atoms with E-state index in [1.165, 1.54) is 31.4 Å². The average Bonchev–Trinajstić information content (AvgIpc) is 2.68. The number of ether oxygens (including phenoxy) is 2. The van der Waals surface area contributed by atoms with E-state index in [4.69, 9.17) is 15.9 Å². The van der Waals surface area contributed by atoms with Crippen molar-refractivity contribution in [3.05, 3.63) is 47.7 Å². The summed E-state index contributed by atoms with van der Waals surface area (Å²) in [6.07, 6.45) is 12.5. The molecule has 1 aromatic heterocycles. The molecule has 0 radical (unpaired) electrons. The molecule has 136 valence electrons. The number of hydrogen-bond donors (Lipinski definition) is 0. The molecule has 0 spiro atoms. The van der Waals surface area contributed by atoms with Gasteiger partial charge in [0.15, 0.2) is 11.6 Å². The van der Waals surface area contributed by atoms with E-state index < -0.39 is 5.82 Å². The Balaban J connectivity index is 1.65. The van der Waals surface area contributed by atoms with Gasteiger partial charge in [-0.3, -0.25) is 4.90 Å². The number of halogens is 1. The first-order valence-electron chi connectivity index (χ1n) is 8.71. The van der Waals surface area contributed by atoms with Crippen LogP contribution in [0, 0.1) is 18.2 Å². The number of terminal acetylenes is 1. The van der Waals surface area contributed by atoms with Crippen molar-refractivity contribution in [1.82, 2.24) is 14.9 Å². The van der Waals surface area contributed by atoms with Gasteiger partial charge in [-0.05, 0) is 43.4 Å². The molecule has 1 saturated heterocycles. The smallest absolute Gasteiger partial charge is 0.238 e. The van der Waals surface area contributed by atoms with Crippen molar-refractivity contribution in [2.75, 3.05) is 20.2 Å². The highest BCUT2D eigenvalue weighted by Crippen LogP contribution is 2.26. The lowest BCUT2D eigenvalue weighted by Gasteiger charge is -2.34. The minimum absolute atomic E-state index is 0.0942. The quantitative estimate of drug-likeness (QED) is 0.744. The number of likely N-dealkylation sites (tertiary alicyclic amines) is 1. The largest absolute Gasteiger partial charge is 0.435 e. The highest BCUT2D eigenvalue weighted by atomic mass is 19.1. The highest BCUT2D eigenvalue weighted by molar-refractivity contribution is 5.41. The van der Waals surface area contributed by atoms with Gasteiger partial charge in [0.1, 0.15) is 18.1 Å². The molecule has 5 nitrogen and oxygen atoms in total. The van der Waals surface area contributed by atoms with Crippen LogP contribution in [0.3, 0.4) is 0 Å². The van der Waals surface area contributed by atoms with Gasteiger partial charge < -0.3 is 9.47 Å². The fourth-order valence-electron chi connectivity index (χ4n) is 3.14. The summed E-state index contributed by atoms with van der Waals surface area (Å²) >= 11 is 0. The van der Waals surface area contributed by atoms with E-state index in [-0.39, 0.29) is 17.9 Å². The SMILES string of the molecule is C#Cc1cncnc1Oc1ccc(CCN2CCCCC2OC)cc1F. The highest BCUT2D eigenvalue weighted by Gasteiger charge is 2.21. The zero-order chi connectivity index (χ0) is 18.4. The molecule has 3 rings (SSSR count). The second-order valence-corrected chi connectivity index (χ2v) is 6.22. The van der Waals surface area contributed by atoms with Gasteiger partial charge in [0, 0.05) is 26.4 Å². The van der Waals surface area contributed by atoms with Crippen LogP contribution in [0.5, 0.6) is 11.6 Å². The van der Waals surface area contributed by atoms with Crippen molar-refractivity contribution >= 4 is 0 Å². The van der Waals surface area contributed by atoms with Crippen LogP contribution in [0.2, 0.25) is 0 Å². The number of nitrogens with zero attached hydrogens (tertiary/aromatic N) is 3. The zero-order valence-electron chi connectivity index (χ0n) is 14.8. The Labute approximate surface area is 153 Å². The first-order valence-corrected chi connectivity index (χ1v) is 8.71. The number of aromatic nitrogens is 2. The minimum Gasteiger partial charge on any atom is -0.435 e. The molecule has 2 aromatic rings. The van der Waals surface area contributed by atoms with Gasteiger partial charge in [0.05, 0.1) is 0 Å². The standard InChI is InChI=1S/C20H22FN3O2/c1-3-16-13-22-14-23-20(16)26-18-8-7-15(12-17(18)21)9-11-24-10-5-4-6-19(24)25-2/h1,7-8,12-14,19H,4-6,9-11H2,2H3. The Morgan fingerprint density at radius 2 is 2.27 bits per heavy atom. The molecule has 2 heterocycles. The van der Waals surface area contributed by atoms with Gasteiger partial charge in [0.2, 0.25) is 5.88 Å². The van der Waals surface area contributed by atoms with Crippen molar-refractivity contribution < 1.29 is 13.9 Å². The van der Waals surface area contributed by atoms with E-state index in [1.54, 1.807) is 13.2 Å². The predicted molar refractivity (Wildman–Crippen MR) is 96.4 cm³/mol. The third-order valence-corrected chi connectivity index (χ3v) is 4.55. The molecule has 1 aromatic carbocycles. The molecule has 0 N–H and O–H groups in total. The van der Waals surface area contributed by atoms with Crippen LogP contribution in [0.4, 0.5) is 4.39 Å². The fourth-order valence-corrected chi connectivity index (χ4v) is 3.14. The van der Waals surface area contributed by atoms with Gasteiger partial charge in [0.25, 0.3) is 0 Å². The maximum atomic E-state index is 14.4. The van der Waals surface area contributed by atoms with Crippen LogP contribution in [-0.4, -0.2) is 41.3 Å². The third kappa shape index (κ3) is 4.37. The van der Waals surface area contributed by atoms with Gasteiger partial charge >= 0.3 is 0 Å². The summed E-state index contributed by atoms with van der Waals surface area (Å²) in [7, 11) is 1.74. The zero-order valence-corrected chi connectivity index (χ0v) is 14.8. The molecule has 1 unspecified atom stereocenters. The Bertz CT molecular complexity index is 791. The Kier molecular flexibility index (Phi) is 6.16. The maximum absolute atomic E-state index is 14.4. The molecule has 0 bridgehead atoms. The number of methoxy groups -OCH3 is 1. The Hall–Kier alpha value is -2.49. The number of rotatable bonds is 6. The van der Waals surface area contributed by atoms with Crippen molar-refractivity contribution in [3.63, 3.8) is 0 Å². The van der Waals surface area contributed by atoms with Crippen LogP contribution < -0.4 is 4.74 Å². The summed E-state index contributed by atoms with van der Waals surface area (Å²) in [6, 6.07) is 4.97. The van der Waals surface area contributed by atoms with E-state index in [0.717, 1.165) is 31.5 Å². The predicted octanol–water partition coefficient (Wildman–Crippen LogP) is 3.39. The monoisotopic (exact) mass is 355 g/mol. The van der Waals surface area contributed by atoms with E-state index in [2.05, 4.69) is 20.8 Å². The fraction of sp³-hybridized carbons (Fsp3) is 0.400. The van der Waals surface area contributed by atoms with Gasteiger partial charge in [-0.25, -0.2) is 14.4 Å². The lowest BCUT2D eigenvalue weighted by molar-refractivity contribution is -0.0545. The summed E-state index contributed by atoms with van der Waals surface area (Å²) in [6.45, 7) is 1.86. The first kappa shape index (κ1) is 18.3. The van der Waals surface area contributed by atoms with E-state index in [0.29, 0.717) is 5.56 Å². The lowest BCUT2D eigenvalue weighted by atomic mass is 10.1. The molecule has 0 amide bonds. The van der Waals surface area contributed by atoms with Crippen LogP contribution >= 0.6 is 0 Å². The molecule has 1 atom stereocenters. The first-order chi connectivity index (χ1) is 12.7. The van der Waals surface area contributed by atoms with E-state index in [9.17, 15) is 4.39 Å². The molecule has 1 aliphatic heterocycles. The van der Waals surface area contributed by atoms with Crippen LogP contribution in [0.15, 0.2) is 30.7 Å². The lowest BCUT2D eigenvalue weighted by Crippen LogP contribution is -2.41. The second kappa shape index (κ2) is 8.75. The summed E-state index contributed by atoms with van der Waals surface area (Å²) in [5.41, 5.74) is 1.29. The molecule has 1 fully saturated rings. The molecule has 6 heteroatoms. The van der Waals surface area contributed by atoms with Crippen LogP contribution in [0.1, 0.15) is 30.4 Å². The second-order valence-electron chi connectivity index (χ2n) is 6.22. The van der Waals surface area contributed by atoms with Gasteiger partial charge in [-0.2, -0.15) is 0 Å². The summed E-state index contributed by atoms with van der Waals surface area (Å²) in [5.74, 6) is 2.25. The number of piperidine rings is 1. The minimum atomic E-state index is -0.439. The normalized spacial score (nSPS) is 17.7. The molecule has 0 aliphatic carbocycles. The maximum Gasteiger partial charge on any atom is 0.238 e. The van der Waals surface area contributed by atoms with Crippen molar-refractivity contribution in [3.8, 4) is 24.0 Å². The molecular formula is C20H22FN3O2. The molecular weight excluding hydrogens is 333 g/mol. The third-order valence-electron chi connectivity index (χ3n) is 4.55.